The van der Waals surface area contributed by atoms with E-state index in [1.54, 1.807) is 6.08 Å². The number of hydrogen-bond donors (Lipinski definition) is 2. The van der Waals surface area contributed by atoms with Crippen molar-refractivity contribution in [3.8, 4) is 0 Å². The molecule has 0 aromatic rings. The molecule has 2 spiro atoms. The Morgan fingerprint density at radius 3 is 2.72 bits per heavy atom. The molecule has 6 aliphatic rings. The van der Waals surface area contributed by atoms with Crippen LogP contribution in [0, 0.1) is 34.0 Å². The number of aliphatic hydroxyl groups is 2. The first-order chi connectivity index (χ1) is 11.6. The lowest BCUT2D eigenvalue weighted by Crippen LogP contribution is -2.82. The molecular formula is C20H24O5. The van der Waals surface area contributed by atoms with Crippen LogP contribution >= 0.6 is 0 Å². The number of carbonyl (C=O) groups is 2. The van der Waals surface area contributed by atoms with Crippen molar-refractivity contribution >= 4 is 11.6 Å². The highest BCUT2D eigenvalue weighted by molar-refractivity contribution is 6.06. The minimum absolute atomic E-state index is 0.0139. The Bertz CT molecular complexity index is 766. The summed E-state index contributed by atoms with van der Waals surface area (Å²) >= 11 is 0. The van der Waals surface area contributed by atoms with E-state index < -0.39 is 34.1 Å². The predicted molar refractivity (Wildman–Crippen MR) is 88.2 cm³/mol. The van der Waals surface area contributed by atoms with Crippen LogP contribution in [0.2, 0.25) is 0 Å². The Balaban J connectivity index is 1.82. The summed E-state index contributed by atoms with van der Waals surface area (Å²) in [6, 6.07) is 0. The Kier molecular flexibility index (Phi) is 2.65. The molecule has 5 fully saturated rings. The Morgan fingerprint density at radius 1 is 1.28 bits per heavy atom. The predicted octanol–water partition coefficient (Wildman–Crippen LogP) is 1.39. The standard InChI is InChI=1S/C20H24O5/c1-10-11-4-5-12-18-9-25-20(24,19(12,8-11)15(10)22)16(23)14(18)17(2,3)7-6-13(18)21/h6-7,11-12,14,16,23-24H,1,4-5,8-9H2,2-3H3/t11?,12-,14+,16?,18+,19-,20+/m0/s1. The lowest BCUT2D eigenvalue weighted by atomic mass is 9.37. The Morgan fingerprint density at radius 2 is 2.00 bits per heavy atom. The van der Waals surface area contributed by atoms with Gasteiger partial charge in [0, 0.05) is 5.92 Å². The highest BCUT2D eigenvalue weighted by Crippen LogP contribution is 2.75. The maximum Gasteiger partial charge on any atom is 0.205 e. The maximum absolute atomic E-state index is 13.2. The number of rotatable bonds is 0. The fourth-order valence-corrected chi connectivity index (χ4v) is 7.16. The molecule has 4 aliphatic carbocycles. The summed E-state index contributed by atoms with van der Waals surface area (Å²) < 4.78 is 5.80. The van der Waals surface area contributed by atoms with Crippen LogP contribution in [0.3, 0.4) is 0 Å². The van der Waals surface area contributed by atoms with E-state index in [0.717, 1.165) is 6.42 Å². The molecule has 2 saturated heterocycles. The van der Waals surface area contributed by atoms with Gasteiger partial charge in [-0.25, -0.2) is 0 Å². The van der Waals surface area contributed by atoms with Crippen LogP contribution < -0.4 is 0 Å². The molecule has 134 valence electrons. The summed E-state index contributed by atoms with van der Waals surface area (Å²) in [6.07, 6.45) is 4.04. The van der Waals surface area contributed by atoms with Gasteiger partial charge < -0.3 is 14.9 Å². The lowest BCUT2D eigenvalue weighted by molar-refractivity contribution is -0.422. The number of Topliss-reactive ketones (excluding diaryl/α,β-unsaturated/α-hetero) is 1. The van der Waals surface area contributed by atoms with E-state index in [0.29, 0.717) is 18.4 Å². The summed E-state index contributed by atoms with van der Waals surface area (Å²) in [5.41, 5.74) is -2.14. The van der Waals surface area contributed by atoms with Gasteiger partial charge in [0.15, 0.2) is 11.6 Å². The number of aliphatic hydroxyl groups excluding tert-OH is 1. The molecule has 7 atom stereocenters. The van der Waals surface area contributed by atoms with Crippen LogP contribution in [-0.2, 0) is 14.3 Å². The fourth-order valence-electron chi connectivity index (χ4n) is 7.16. The van der Waals surface area contributed by atoms with E-state index in [9.17, 15) is 19.8 Å². The molecule has 0 aromatic carbocycles. The molecule has 2 N–H and O–H groups in total. The van der Waals surface area contributed by atoms with Crippen molar-refractivity contribution in [3.05, 3.63) is 24.3 Å². The molecule has 25 heavy (non-hydrogen) atoms. The van der Waals surface area contributed by atoms with Gasteiger partial charge in [-0.05, 0) is 48.2 Å². The van der Waals surface area contributed by atoms with Gasteiger partial charge in [0.1, 0.15) is 6.10 Å². The van der Waals surface area contributed by atoms with Crippen LogP contribution in [0.4, 0.5) is 0 Å². The topological polar surface area (TPSA) is 83.8 Å². The Labute approximate surface area is 146 Å². The van der Waals surface area contributed by atoms with Gasteiger partial charge in [0.25, 0.3) is 0 Å². The number of carbonyl (C=O) groups excluding carboxylic acids is 2. The highest BCUT2D eigenvalue weighted by Gasteiger charge is 2.84. The molecule has 0 aromatic heterocycles. The van der Waals surface area contributed by atoms with Gasteiger partial charge >= 0.3 is 0 Å². The zero-order valence-corrected chi connectivity index (χ0v) is 14.6. The normalized spacial score (nSPS) is 55.3. The van der Waals surface area contributed by atoms with Crippen LogP contribution in [0.15, 0.2) is 24.3 Å². The van der Waals surface area contributed by atoms with Gasteiger partial charge in [-0.2, -0.15) is 0 Å². The molecular weight excluding hydrogens is 320 g/mol. The van der Waals surface area contributed by atoms with Crippen molar-refractivity contribution < 1.29 is 24.5 Å². The molecule has 2 heterocycles. The summed E-state index contributed by atoms with van der Waals surface area (Å²) in [4.78, 5) is 26.4. The van der Waals surface area contributed by atoms with E-state index in [2.05, 4.69) is 6.58 Å². The molecule has 3 saturated carbocycles. The second-order valence-electron chi connectivity index (χ2n) is 9.32. The quantitative estimate of drug-likeness (QED) is 0.649. The van der Waals surface area contributed by atoms with Crippen molar-refractivity contribution in [2.24, 2.45) is 34.0 Å². The van der Waals surface area contributed by atoms with E-state index in [-0.39, 0.29) is 30.0 Å². The molecule has 5 nitrogen and oxygen atoms in total. The van der Waals surface area contributed by atoms with Crippen LogP contribution in [0.5, 0.6) is 0 Å². The Hall–Kier alpha value is -1.30. The van der Waals surface area contributed by atoms with Gasteiger partial charge in [-0.15, -0.1) is 0 Å². The van der Waals surface area contributed by atoms with E-state index >= 15 is 0 Å². The minimum atomic E-state index is -1.94. The molecule has 6 rings (SSSR count). The smallest absolute Gasteiger partial charge is 0.205 e. The van der Waals surface area contributed by atoms with Crippen molar-refractivity contribution in [1.82, 2.24) is 0 Å². The van der Waals surface area contributed by atoms with Crippen molar-refractivity contribution in [2.75, 3.05) is 6.61 Å². The summed E-state index contributed by atoms with van der Waals surface area (Å²) in [7, 11) is 0. The molecule has 4 bridgehead atoms. The van der Waals surface area contributed by atoms with Crippen molar-refractivity contribution in [2.45, 2.75) is 45.0 Å². The third kappa shape index (κ3) is 1.36. The first-order valence-electron chi connectivity index (χ1n) is 9.14. The molecule has 0 radical (unpaired) electrons. The second-order valence-corrected chi connectivity index (χ2v) is 9.32. The first kappa shape index (κ1) is 15.9. The monoisotopic (exact) mass is 344 g/mol. The van der Waals surface area contributed by atoms with Crippen LogP contribution in [0.1, 0.15) is 33.1 Å². The number of hydrogen-bond acceptors (Lipinski definition) is 5. The van der Waals surface area contributed by atoms with E-state index in [1.165, 1.54) is 0 Å². The zero-order chi connectivity index (χ0) is 18.0. The van der Waals surface area contributed by atoms with Crippen molar-refractivity contribution in [1.29, 1.82) is 0 Å². The first-order valence-corrected chi connectivity index (χ1v) is 9.14. The van der Waals surface area contributed by atoms with E-state index in [1.807, 2.05) is 19.9 Å². The van der Waals surface area contributed by atoms with Gasteiger partial charge in [-0.1, -0.05) is 26.5 Å². The van der Waals surface area contributed by atoms with Gasteiger partial charge in [0.05, 0.1) is 17.4 Å². The molecule has 2 aliphatic heterocycles. The fraction of sp³-hybridized carbons (Fsp3) is 0.700. The third-order valence-corrected chi connectivity index (χ3v) is 8.14. The van der Waals surface area contributed by atoms with Crippen LogP contribution in [-0.4, -0.2) is 40.3 Å². The third-order valence-electron chi connectivity index (χ3n) is 8.14. The average molecular weight is 344 g/mol. The molecule has 0 amide bonds. The van der Waals surface area contributed by atoms with Crippen molar-refractivity contribution in [3.63, 3.8) is 0 Å². The molecule has 5 heteroatoms. The summed E-state index contributed by atoms with van der Waals surface area (Å²) in [5, 5.41) is 22.7. The zero-order valence-electron chi connectivity index (χ0n) is 14.6. The minimum Gasteiger partial charge on any atom is -0.387 e. The molecule has 2 unspecified atom stereocenters. The van der Waals surface area contributed by atoms with Gasteiger partial charge in [0.2, 0.25) is 5.79 Å². The van der Waals surface area contributed by atoms with Crippen LogP contribution in [0.25, 0.3) is 0 Å². The number of allylic oxidation sites excluding steroid dienone is 3. The average Bonchev–Trinajstić information content (AvgIpc) is 2.75. The highest BCUT2D eigenvalue weighted by atomic mass is 16.6. The summed E-state index contributed by atoms with van der Waals surface area (Å²) in [6.45, 7) is 7.97. The largest absolute Gasteiger partial charge is 0.387 e. The second kappa shape index (κ2) is 4.16. The number of ketones is 2. The van der Waals surface area contributed by atoms with Gasteiger partial charge in [-0.3, -0.25) is 9.59 Å². The summed E-state index contributed by atoms with van der Waals surface area (Å²) in [5.74, 6) is -3.00. The SMILES string of the molecule is C=C1C(=O)[C@]23CC1CC[C@H]2[C@@]12CO[C@]3(O)C(O)[C@@H]1C(C)(C)C=CC2=O. The maximum atomic E-state index is 13.2. The lowest BCUT2D eigenvalue weighted by Gasteiger charge is -2.71. The number of ether oxygens (including phenoxy) is 1. The number of fused-ring (bicyclic) bond motifs is 2. The van der Waals surface area contributed by atoms with E-state index in [4.69, 9.17) is 4.74 Å².